The summed E-state index contributed by atoms with van der Waals surface area (Å²) in [4.78, 5) is 16.0. The first kappa shape index (κ1) is 18.1. The van der Waals surface area contributed by atoms with Crippen LogP contribution in [0.15, 0.2) is 88.8 Å². The molecule has 2 aromatic carbocycles. The van der Waals surface area contributed by atoms with Gasteiger partial charge in [-0.25, -0.2) is 5.43 Å². The van der Waals surface area contributed by atoms with Crippen LogP contribution in [0.25, 0.3) is 10.9 Å². The van der Waals surface area contributed by atoms with E-state index >= 15 is 0 Å². The monoisotopic (exact) mass is 432 g/mol. The highest BCUT2D eigenvalue weighted by molar-refractivity contribution is 9.10. The molecule has 0 saturated heterocycles. The molecular formula is C22H17BrN4O. The lowest BCUT2D eigenvalue weighted by Gasteiger charge is -2.05. The number of hydrogen-bond donors (Lipinski definition) is 1. The van der Waals surface area contributed by atoms with Crippen molar-refractivity contribution in [1.82, 2.24) is 15.0 Å². The van der Waals surface area contributed by atoms with Crippen molar-refractivity contribution in [3.63, 3.8) is 0 Å². The number of halogens is 1. The number of rotatable bonds is 5. The molecule has 0 aliphatic heterocycles. The van der Waals surface area contributed by atoms with E-state index in [2.05, 4.69) is 60.3 Å². The molecule has 2 aromatic heterocycles. The maximum absolute atomic E-state index is 12.1. The van der Waals surface area contributed by atoms with E-state index in [1.807, 2.05) is 30.5 Å². The van der Waals surface area contributed by atoms with Crippen LogP contribution in [0.4, 0.5) is 0 Å². The average Bonchev–Trinajstić information content (AvgIpc) is 3.08. The van der Waals surface area contributed by atoms with E-state index in [0.717, 1.165) is 27.5 Å². The van der Waals surface area contributed by atoms with E-state index in [1.54, 1.807) is 24.5 Å². The topological polar surface area (TPSA) is 59.3 Å². The Kier molecular flexibility index (Phi) is 5.30. The lowest BCUT2D eigenvalue weighted by Crippen LogP contribution is -2.17. The molecule has 0 saturated carbocycles. The van der Waals surface area contributed by atoms with E-state index in [1.165, 1.54) is 11.8 Å². The predicted molar refractivity (Wildman–Crippen MR) is 114 cm³/mol. The van der Waals surface area contributed by atoms with Crippen molar-refractivity contribution in [3.05, 3.63) is 100 Å². The van der Waals surface area contributed by atoms with Crippen molar-refractivity contribution in [2.45, 2.75) is 6.54 Å². The first-order valence-electron chi connectivity index (χ1n) is 8.76. The maximum atomic E-state index is 12.1. The number of para-hydroxylation sites is 1. The van der Waals surface area contributed by atoms with E-state index in [4.69, 9.17) is 0 Å². The fourth-order valence-electron chi connectivity index (χ4n) is 3.02. The van der Waals surface area contributed by atoms with Gasteiger partial charge in [0.1, 0.15) is 0 Å². The van der Waals surface area contributed by atoms with E-state index in [-0.39, 0.29) is 5.91 Å². The molecule has 1 amide bonds. The number of hydrazone groups is 1. The number of aromatic nitrogens is 2. The third-order valence-corrected chi connectivity index (χ3v) is 4.91. The summed E-state index contributed by atoms with van der Waals surface area (Å²) in [7, 11) is 0. The van der Waals surface area contributed by atoms with Crippen LogP contribution in [-0.2, 0) is 6.54 Å². The molecule has 2 heterocycles. The normalized spacial score (nSPS) is 11.2. The molecule has 5 nitrogen and oxygen atoms in total. The molecule has 0 fully saturated rings. The molecule has 0 atom stereocenters. The van der Waals surface area contributed by atoms with Crippen LogP contribution in [0.3, 0.4) is 0 Å². The SMILES string of the molecule is O=C(N/N=C\c1cn(Cc2ccc(Br)cc2)c2ccccc12)c1cccnc1. The van der Waals surface area contributed by atoms with E-state index in [0.29, 0.717) is 5.56 Å². The van der Waals surface area contributed by atoms with Crippen LogP contribution in [0.2, 0.25) is 0 Å². The minimum Gasteiger partial charge on any atom is -0.342 e. The van der Waals surface area contributed by atoms with Gasteiger partial charge >= 0.3 is 0 Å². The minimum absolute atomic E-state index is 0.289. The van der Waals surface area contributed by atoms with Crippen molar-refractivity contribution in [2.75, 3.05) is 0 Å². The largest absolute Gasteiger partial charge is 0.342 e. The molecule has 4 aromatic rings. The van der Waals surface area contributed by atoms with Gasteiger partial charge in [0, 0.05) is 46.1 Å². The zero-order valence-electron chi connectivity index (χ0n) is 14.9. The number of pyridine rings is 1. The third-order valence-electron chi connectivity index (χ3n) is 4.38. The molecule has 0 aliphatic rings. The van der Waals surface area contributed by atoms with Gasteiger partial charge in [0.2, 0.25) is 0 Å². The molecule has 138 valence electrons. The molecule has 0 unspecified atom stereocenters. The van der Waals surface area contributed by atoms with Crippen molar-refractivity contribution in [3.8, 4) is 0 Å². The molecule has 0 spiro atoms. The number of nitrogens with one attached hydrogen (secondary N) is 1. The Morgan fingerprint density at radius 3 is 2.71 bits per heavy atom. The van der Waals surface area contributed by atoms with Gasteiger partial charge in [-0.05, 0) is 35.9 Å². The number of hydrogen-bond acceptors (Lipinski definition) is 3. The molecule has 4 rings (SSSR count). The van der Waals surface area contributed by atoms with Gasteiger partial charge in [-0.1, -0.05) is 46.3 Å². The molecule has 0 bridgehead atoms. The molecule has 28 heavy (non-hydrogen) atoms. The van der Waals surface area contributed by atoms with Crippen LogP contribution in [-0.4, -0.2) is 21.7 Å². The molecule has 0 aliphatic carbocycles. The van der Waals surface area contributed by atoms with E-state index < -0.39 is 0 Å². The highest BCUT2D eigenvalue weighted by Crippen LogP contribution is 2.21. The Bertz CT molecular complexity index is 1130. The second kappa shape index (κ2) is 8.19. The number of benzene rings is 2. The van der Waals surface area contributed by atoms with Gasteiger partial charge < -0.3 is 4.57 Å². The van der Waals surface area contributed by atoms with Crippen molar-refractivity contribution in [1.29, 1.82) is 0 Å². The highest BCUT2D eigenvalue weighted by atomic mass is 79.9. The lowest BCUT2D eigenvalue weighted by molar-refractivity contribution is 0.0955. The van der Waals surface area contributed by atoms with Crippen LogP contribution < -0.4 is 5.43 Å². The number of amides is 1. The second-order valence-corrected chi connectivity index (χ2v) is 7.21. The van der Waals surface area contributed by atoms with Crippen molar-refractivity contribution in [2.24, 2.45) is 5.10 Å². The first-order chi connectivity index (χ1) is 13.7. The van der Waals surface area contributed by atoms with Gasteiger partial charge in [0.05, 0.1) is 11.8 Å². The summed E-state index contributed by atoms with van der Waals surface area (Å²) < 4.78 is 3.24. The minimum atomic E-state index is -0.289. The summed E-state index contributed by atoms with van der Waals surface area (Å²) in [6.45, 7) is 0.754. The number of carbonyl (C=O) groups is 1. The second-order valence-electron chi connectivity index (χ2n) is 6.30. The summed E-state index contributed by atoms with van der Waals surface area (Å²) in [5.74, 6) is -0.289. The smallest absolute Gasteiger partial charge is 0.272 e. The number of nitrogens with zero attached hydrogens (tertiary/aromatic N) is 3. The predicted octanol–water partition coefficient (Wildman–Crippen LogP) is 4.61. The summed E-state index contributed by atoms with van der Waals surface area (Å²) in [5.41, 5.74) is 6.29. The van der Waals surface area contributed by atoms with Crippen molar-refractivity contribution < 1.29 is 4.79 Å². The Balaban J connectivity index is 1.57. The quantitative estimate of drug-likeness (QED) is 0.369. The summed E-state index contributed by atoms with van der Waals surface area (Å²) >= 11 is 3.47. The summed E-state index contributed by atoms with van der Waals surface area (Å²) in [6, 6.07) is 19.8. The molecule has 0 radical (unpaired) electrons. The fraction of sp³-hybridized carbons (Fsp3) is 0.0455. The van der Waals surface area contributed by atoms with Crippen LogP contribution >= 0.6 is 15.9 Å². The zero-order chi connectivity index (χ0) is 19.3. The summed E-state index contributed by atoms with van der Waals surface area (Å²) in [6.07, 6.45) is 6.86. The van der Waals surface area contributed by atoms with Gasteiger partial charge in [0.25, 0.3) is 5.91 Å². The number of fused-ring (bicyclic) bond motifs is 1. The van der Waals surface area contributed by atoms with Gasteiger partial charge in [0.15, 0.2) is 0 Å². The number of carbonyl (C=O) groups excluding carboxylic acids is 1. The van der Waals surface area contributed by atoms with Crippen molar-refractivity contribution >= 4 is 39.0 Å². The van der Waals surface area contributed by atoms with Gasteiger partial charge in [-0.3, -0.25) is 9.78 Å². The van der Waals surface area contributed by atoms with E-state index in [9.17, 15) is 4.79 Å². The molecular weight excluding hydrogens is 416 g/mol. The Labute approximate surface area is 170 Å². The Hall–Kier alpha value is -3.25. The Morgan fingerprint density at radius 2 is 1.93 bits per heavy atom. The van der Waals surface area contributed by atoms with Crippen LogP contribution in [0, 0.1) is 0 Å². The van der Waals surface area contributed by atoms with Gasteiger partial charge in [-0.15, -0.1) is 0 Å². The Morgan fingerprint density at radius 1 is 1.11 bits per heavy atom. The van der Waals surface area contributed by atoms with Gasteiger partial charge in [-0.2, -0.15) is 5.10 Å². The fourth-order valence-corrected chi connectivity index (χ4v) is 3.28. The zero-order valence-corrected chi connectivity index (χ0v) is 16.5. The maximum Gasteiger partial charge on any atom is 0.272 e. The lowest BCUT2D eigenvalue weighted by atomic mass is 10.2. The molecule has 6 heteroatoms. The standard InChI is InChI=1S/C22H17BrN4O/c23-19-9-7-16(8-10-19)14-27-15-18(20-5-1-2-6-21(20)27)13-25-26-22(28)17-4-3-11-24-12-17/h1-13,15H,14H2,(H,26,28)/b25-13-. The first-order valence-corrected chi connectivity index (χ1v) is 9.56. The van der Waals surface area contributed by atoms with Crippen LogP contribution in [0.1, 0.15) is 21.5 Å². The summed E-state index contributed by atoms with van der Waals surface area (Å²) in [5, 5.41) is 5.21. The average molecular weight is 433 g/mol. The third kappa shape index (κ3) is 4.02. The molecule has 1 N–H and O–H groups in total. The highest BCUT2D eigenvalue weighted by Gasteiger charge is 2.08. The van der Waals surface area contributed by atoms with Crippen LogP contribution in [0.5, 0.6) is 0 Å².